The van der Waals surface area contributed by atoms with E-state index < -0.39 is 12.8 Å². The standard InChI is InChI=1S/C22H21F3N4O3/c1-14-18(21(31)29-20(28-14)16-7-9-26-10-8-16)5-6-19(30)27-12-15-3-2-4-17(11-15)32-13-22(23,24)25/h2-4,7-11H,5-6,12-13H2,1H3,(H,27,30)(H,28,29,31). The topological polar surface area (TPSA) is 97.0 Å². The lowest BCUT2D eigenvalue weighted by atomic mass is 10.1. The molecule has 3 aromatic rings. The van der Waals surface area contributed by atoms with Crippen LogP contribution in [0.2, 0.25) is 0 Å². The highest BCUT2D eigenvalue weighted by atomic mass is 19.4. The van der Waals surface area contributed by atoms with Gasteiger partial charge >= 0.3 is 6.18 Å². The van der Waals surface area contributed by atoms with E-state index in [0.717, 1.165) is 5.56 Å². The van der Waals surface area contributed by atoms with Crippen molar-refractivity contribution >= 4 is 5.91 Å². The summed E-state index contributed by atoms with van der Waals surface area (Å²) in [5.74, 6) is 0.191. The van der Waals surface area contributed by atoms with Crippen molar-refractivity contribution in [2.45, 2.75) is 32.5 Å². The van der Waals surface area contributed by atoms with Gasteiger partial charge in [-0.1, -0.05) is 12.1 Å². The smallest absolute Gasteiger partial charge is 0.422 e. The summed E-state index contributed by atoms with van der Waals surface area (Å²) in [5, 5.41) is 2.69. The Hall–Kier alpha value is -3.69. The SMILES string of the molecule is Cc1nc(-c2ccncc2)[nH]c(=O)c1CCC(=O)NCc1cccc(OCC(F)(F)F)c1. The van der Waals surface area contributed by atoms with E-state index in [4.69, 9.17) is 4.74 Å². The molecule has 2 aromatic heterocycles. The summed E-state index contributed by atoms with van der Waals surface area (Å²) in [4.78, 5) is 35.7. The van der Waals surface area contributed by atoms with E-state index in [9.17, 15) is 22.8 Å². The zero-order valence-electron chi connectivity index (χ0n) is 17.2. The van der Waals surface area contributed by atoms with Gasteiger partial charge in [-0.05, 0) is 43.2 Å². The molecule has 168 valence electrons. The molecule has 10 heteroatoms. The molecule has 3 rings (SSSR count). The fourth-order valence-corrected chi connectivity index (χ4v) is 2.99. The number of hydrogen-bond acceptors (Lipinski definition) is 5. The molecule has 32 heavy (non-hydrogen) atoms. The van der Waals surface area contributed by atoms with Crippen LogP contribution < -0.4 is 15.6 Å². The molecule has 0 spiro atoms. The number of aromatic nitrogens is 3. The van der Waals surface area contributed by atoms with E-state index in [0.29, 0.717) is 22.6 Å². The number of pyridine rings is 1. The predicted molar refractivity (Wildman–Crippen MR) is 111 cm³/mol. The molecule has 0 radical (unpaired) electrons. The van der Waals surface area contributed by atoms with E-state index in [2.05, 4.69) is 20.3 Å². The third kappa shape index (κ3) is 6.66. The molecule has 2 N–H and O–H groups in total. The van der Waals surface area contributed by atoms with Gasteiger partial charge in [0.25, 0.3) is 5.56 Å². The first-order chi connectivity index (χ1) is 15.2. The molecule has 0 fully saturated rings. The average Bonchev–Trinajstić information content (AvgIpc) is 2.76. The van der Waals surface area contributed by atoms with Crippen LogP contribution in [0.4, 0.5) is 13.2 Å². The van der Waals surface area contributed by atoms with Gasteiger partial charge in [0, 0.05) is 42.2 Å². The number of H-pyrrole nitrogens is 1. The fraction of sp³-hybridized carbons (Fsp3) is 0.273. The third-order valence-corrected chi connectivity index (χ3v) is 4.57. The van der Waals surface area contributed by atoms with E-state index in [1.54, 1.807) is 43.6 Å². The Morgan fingerprint density at radius 2 is 1.94 bits per heavy atom. The van der Waals surface area contributed by atoms with Crippen molar-refractivity contribution in [3.05, 3.63) is 76.0 Å². The summed E-state index contributed by atoms with van der Waals surface area (Å²) in [7, 11) is 0. The second-order valence-corrected chi connectivity index (χ2v) is 7.04. The Bertz CT molecular complexity index is 1130. The number of rotatable bonds is 8. The number of carbonyl (C=O) groups is 1. The van der Waals surface area contributed by atoms with Crippen LogP contribution in [0.1, 0.15) is 23.2 Å². The van der Waals surface area contributed by atoms with Crippen molar-refractivity contribution in [2.24, 2.45) is 0 Å². The molecule has 0 aliphatic rings. The molecule has 1 amide bonds. The van der Waals surface area contributed by atoms with Gasteiger partial charge in [0.1, 0.15) is 11.6 Å². The van der Waals surface area contributed by atoms with Gasteiger partial charge in [-0.15, -0.1) is 0 Å². The Morgan fingerprint density at radius 1 is 1.19 bits per heavy atom. The molecular weight excluding hydrogens is 425 g/mol. The molecular formula is C22H21F3N4O3. The maximum Gasteiger partial charge on any atom is 0.422 e. The van der Waals surface area contributed by atoms with Gasteiger partial charge in [-0.2, -0.15) is 13.2 Å². The number of aromatic amines is 1. The highest BCUT2D eigenvalue weighted by molar-refractivity contribution is 5.76. The lowest BCUT2D eigenvalue weighted by molar-refractivity contribution is -0.153. The van der Waals surface area contributed by atoms with Crippen LogP contribution in [0.25, 0.3) is 11.4 Å². The van der Waals surface area contributed by atoms with Crippen molar-refractivity contribution in [2.75, 3.05) is 6.61 Å². The molecule has 0 bridgehead atoms. The number of halogens is 3. The predicted octanol–water partition coefficient (Wildman–Crippen LogP) is 3.33. The van der Waals surface area contributed by atoms with Gasteiger partial charge in [0.05, 0.1) is 0 Å². The second kappa shape index (κ2) is 10.1. The van der Waals surface area contributed by atoms with Gasteiger partial charge in [-0.3, -0.25) is 14.6 Å². The van der Waals surface area contributed by atoms with Gasteiger partial charge in [0.15, 0.2) is 6.61 Å². The van der Waals surface area contributed by atoms with E-state index in [1.807, 2.05) is 0 Å². The van der Waals surface area contributed by atoms with Crippen molar-refractivity contribution in [3.8, 4) is 17.1 Å². The van der Waals surface area contributed by atoms with Gasteiger partial charge < -0.3 is 15.0 Å². The normalized spacial score (nSPS) is 11.2. The Labute approximate surface area is 181 Å². The minimum Gasteiger partial charge on any atom is -0.484 e. The van der Waals surface area contributed by atoms with Crippen molar-refractivity contribution < 1.29 is 22.7 Å². The summed E-state index contributed by atoms with van der Waals surface area (Å²) in [6.07, 6.45) is -0.969. The first-order valence-corrected chi connectivity index (χ1v) is 9.76. The Kier molecular flexibility index (Phi) is 7.24. The highest BCUT2D eigenvalue weighted by Crippen LogP contribution is 2.19. The number of aryl methyl sites for hydroxylation is 1. The molecule has 0 aliphatic heterocycles. The number of nitrogens with zero attached hydrogens (tertiary/aromatic N) is 2. The first-order valence-electron chi connectivity index (χ1n) is 9.76. The van der Waals surface area contributed by atoms with Gasteiger partial charge in [0.2, 0.25) is 5.91 Å². The summed E-state index contributed by atoms with van der Waals surface area (Å²) >= 11 is 0. The lowest BCUT2D eigenvalue weighted by Crippen LogP contribution is -2.25. The number of carbonyl (C=O) groups excluding carboxylic acids is 1. The molecule has 2 heterocycles. The molecule has 0 atom stereocenters. The maximum atomic E-state index is 12.5. The second-order valence-electron chi connectivity index (χ2n) is 7.04. The van der Waals surface area contributed by atoms with Crippen LogP contribution in [0, 0.1) is 6.92 Å². The molecule has 0 saturated heterocycles. The van der Waals surface area contributed by atoms with Crippen molar-refractivity contribution in [1.29, 1.82) is 0 Å². The van der Waals surface area contributed by atoms with E-state index >= 15 is 0 Å². The summed E-state index contributed by atoms with van der Waals surface area (Å²) in [6, 6.07) is 9.52. The number of hydrogen-bond donors (Lipinski definition) is 2. The minimum atomic E-state index is -4.43. The van der Waals surface area contributed by atoms with Crippen LogP contribution in [-0.4, -0.2) is 33.6 Å². The van der Waals surface area contributed by atoms with Crippen LogP contribution >= 0.6 is 0 Å². The zero-order chi connectivity index (χ0) is 23.1. The third-order valence-electron chi connectivity index (χ3n) is 4.57. The largest absolute Gasteiger partial charge is 0.484 e. The zero-order valence-corrected chi connectivity index (χ0v) is 17.2. The molecule has 0 unspecified atom stereocenters. The van der Waals surface area contributed by atoms with Crippen LogP contribution in [0.3, 0.4) is 0 Å². The summed E-state index contributed by atoms with van der Waals surface area (Å²) in [6.45, 7) is 0.445. The van der Waals surface area contributed by atoms with Crippen LogP contribution in [0.5, 0.6) is 5.75 Å². The van der Waals surface area contributed by atoms with Crippen molar-refractivity contribution in [1.82, 2.24) is 20.3 Å². The molecule has 7 nitrogen and oxygen atoms in total. The number of benzene rings is 1. The molecule has 0 aliphatic carbocycles. The number of alkyl halides is 3. The van der Waals surface area contributed by atoms with Crippen molar-refractivity contribution in [3.63, 3.8) is 0 Å². The Morgan fingerprint density at radius 3 is 2.62 bits per heavy atom. The lowest BCUT2D eigenvalue weighted by Gasteiger charge is -2.11. The average molecular weight is 446 g/mol. The number of amides is 1. The monoisotopic (exact) mass is 446 g/mol. The van der Waals surface area contributed by atoms with Crippen LogP contribution in [0.15, 0.2) is 53.6 Å². The molecule has 0 saturated carbocycles. The number of nitrogens with one attached hydrogen (secondary N) is 2. The van der Waals surface area contributed by atoms with Crippen LogP contribution in [-0.2, 0) is 17.8 Å². The highest BCUT2D eigenvalue weighted by Gasteiger charge is 2.28. The minimum absolute atomic E-state index is 0.0600. The number of ether oxygens (including phenoxy) is 1. The summed E-state index contributed by atoms with van der Waals surface area (Å²) < 4.78 is 41.5. The Balaban J connectivity index is 1.55. The molecule has 1 aromatic carbocycles. The van der Waals surface area contributed by atoms with E-state index in [1.165, 1.54) is 12.1 Å². The maximum absolute atomic E-state index is 12.5. The van der Waals surface area contributed by atoms with E-state index in [-0.39, 0.29) is 36.6 Å². The van der Waals surface area contributed by atoms with Gasteiger partial charge in [-0.25, -0.2) is 4.98 Å². The quantitative estimate of drug-likeness (QED) is 0.553. The first kappa shape index (κ1) is 23.0. The summed E-state index contributed by atoms with van der Waals surface area (Å²) in [5.41, 5.74) is 1.95. The fourth-order valence-electron chi connectivity index (χ4n) is 2.99.